The lowest BCUT2D eigenvalue weighted by Gasteiger charge is -2.22. The summed E-state index contributed by atoms with van der Waals surface area (Å²) in [6.07, 6.45) is 2.75. The molecule has 2 atom stereocenters. The van der Waals surface area contributed by atoms with E-state index in [0.29, 0.717) is 5.56 Å². The van der Waals surface area contributed by atoms with Crippen LogP contribution >= 0.6 is 11.8 Å². The predicted octanol–water partition coefficient (Wildman–Crippen LogP) is 1.29. The van der Waals surface area contributed by atoms with Crippen molar-refractivity contribution in [1.29, 1.82) is 0 Å². The second kappa shape index (κ2) is 9.00. The van der Waals surface area contributed by atoms with Crippen molar-refractivity contribution in [3.8, 4) is 0 Å². The second-order valence-corrected chi connectivity index (χ2v) is 5.81. The summed E-state index contributed by atoms with van der Waals surface area (Å²) < 4.78 is 0. The molecule has 2 unspecified atom stereocenters. The molecule has 0 aliphatic rings. The molecule has 0 aromatic heterocycles. The summed E-state index contributed by atoms with van der Waals surface area (Å²) >= 11 is 1.56. The Morgan fingerprint density at radius 2 is 2.10 bits per heavy atom. The summed E-state index contributed by atoms with van der Waals surface area (Å²) in [7, 11) is 1.90. The molecule has 1 rings (SSSR count). The van der Waals surface area contributed by atoms with Gasteiger partial charge in [0.1, 0.15) is 0 Å². The number of carbonyl (C=O) groups is 1. The quantitative estimate of drug-likeness (QED) is 0.676. The molecule has 0 bridgehead atoms. The highest BCUT2D eigenvalue weighted by atomic mass is 32.2. The number of aliphatic hydroxyl groups is 1. The summed E-state index contributed by atoms with van der Waals surface area (Å²) in [6, 6.07) is 7.58. The fourth-order valence-electron chi connectivity index (χ4n) is 2.03. The highest BCUT2D eigenvalue weighted by molar-refractivity contribution is 7.99. The minimum atomic E-state index is -0.0725. The van der Waals surface area contributed by atoms with Crippen LogP contribution in [0.5, 0.6) is 0 Å². The van der Waals surface area contributed by atoms with Crippen molar-refractivity contribution < 1.29 is 9.90 Å². The largest absolute Gasteiger partial charge is 0.395 e. The molecule has 4 nitrogen and oxygen atoms in total. The van der Waals surface area contributed by atoms with Gasteiger partial charge in [0.15, 0.2) is 0 Å². The molecule has 0 spiro atoms. The van der Waals surface area contributed by atoms with E-state index in [1.54, 1.807) is 11.8 Å². The zero-order chi connectivity index (χ0) is 15.0. The summed E-state index contributed by atoms with van der Waals surface area (Å²) in [4.78, 5) is 12.4. The van der Waals surface area contributed by atoms with Gasteiger partial charge in [-0.2, -0.15) is 11.8 Å². The van der Waals surface area contributed by atoms with Crippen molar-refractivity contribution >= 4 is 17.7 Å². The van der Waals surface area contributed by atoms with Crippen molar-refractivity contribution in [3.05, 3.63) is 35.4 Å². The maximum atomic E-state index is 12.4. The van der Waals surface area contributed by atoms with E-state index in [1.807, 2.05) is 44.5 Å². The maximum absolute atomic E-state index is 12.4. The molecule has 1 aromatic carbocycles. The number of thioether (sulfide) groups is 1. The van der Waals surface area contributed by atoms with Gasteiger partial charge in [-0.25, -0.2) is 0 Å². The lowest BCUT2D eigenvalue weighted by atomic mass is 10.0. The van der Waals surface area contributed by atoms with Gasteiger partial charge in [0.2, 0.25) is 0 Å². The molecule has 0 saturated heterocycles. The molecule has 1 aromatic rings. The third-order valence-corrected chi connectivity index (χ3v) is 4.47. The summed E-state index contributed by atoms with van der Waals surface area (Å²) in [5.74, 6) is -0.0725. The molecule has 5 heteroatoms. The third kappa shape index (κ3) is 4.81. The SMILES string of the molecule is CNCCc1ccccc1C(=O)NC(C)C(CO)SC. The van der Waals surface area contributed by atoms with E-state index in [-0.39, 0.29) is 23.8 Å². The molecule has 0 aliphatic heterocycles. The molecule has 1 amide bonds. The Morgan fingerprint density at radius 1 is 1.40 bits per heavy atom. The third-order valence-electron chi connectivity index (χ3n) is 3.31. The Balaban J connectivity index is 2.76. The van der Waals surface area contributed by atoms with Crippen molar-refractivity contribution in [3.63, 3.8) is 0 Å². The molecular formula is C15H24N2O2S. The monoisotopic (exact) mass is 296 g/mol. The van der Waals surface area contributed by atoms with Gasteiger partial charge in [-0.15, -0.1) is 0 Å². The summed E-state index contributed by atoms with van der Waals surface area (Å²) in [5.41, 5.74) is 1.75. The standard InChI is InChI=1S/C15H24N2O2S/c1-11(14(10-18)20-3)17-15(19)13-7-5-4-6-12(13)8-9-16-2/h4-7,11,14,16,18H,8-10H2,1-3H3,(H,17,19). The average molecular weight is 296 g/mol. The molecule has 0 radical (unpaired) electrons. The topological polar surface area (TPSA) is 61.4 Å². The van der Waals surface area contributed by atoms with Gasteiger partial charge in [-0.3, -0.25) is 4.79 Å². The first-order valence-electron chi connectivity index (χ1n) is 6.81. The number of benzene rings is 1. The number of aliphatic hydroxyl groups excluding tert-OH is 1. The van der Waals surface area contributed by atoms with Crippen molar-refractivity contribution in [2.24, 2.45) is 0 Å². The van der Waals surface area contributed by atoms with Crippen LogP contribution in [0.25, 0.3) is 0 Å². The van der Waals surface area contributed by atoms with Gasteiger partial charge in [-0.05, 0) is 44.8 Å². The normalized spacial score (nSPS) is 13.8. The highest BCUT2D eigenvalue weighted by Crippen LogP contribution is 2.13. The van der Waals surface area contributed by atoms with Crippen molar-refractivity contribution in [2.45, 2.75) is 24.6 Å². The molecule has 112 valence electrons. The van der Waals surface area contributed by atoms with E-state index in [2.05, 4.69) is 10.6 Å². The fraction of sp³-hybridized carbons (Fsp3) is 0.533. The van der Waals surface area contributed by atoms with E-state index in [4.69, 9.17) is 0 Å². The second-order valence-electron chi connectivity index (χ2n) is 4.73. The van der Waals surface area contributed by atoms with Gasteiger partial charge < -0.3 is 15.7 Å². The van der Waals surface area contributed by atoms with Crippen LogP contribution in [-0.4, -0.2) is 48.8 Å². The Kier molecular flexibility index (Phi) is 7.65. The van der Waals surface area contributed by atoms with E-state index >= 15 is 0 Å². The van der Waals surface area contributed by atoms with E-state index in [0.717, 1.165) is 18.5 Å². The van der Waals surface area contributed by atoms with Gasteiger partial charge in [-0.1, -0.05) is 18.2 Å². The van der Waals surface area contributed by atoms with Crippen LogP contribution in [0.4, 0.5) is 0 Å². The van der Waals surface area contributed by atoms with Gasteiger partial charge in [0.05, 0.1) is 6.61 Å². The average Bonchev–Trinajstić information content (AvgIpc) is 2.46. The number of nitrogens with one attached hydrogen (secondary N) is 2. The highest BCUT2D eigenvalue weighted by Gasteiger charge is 2.19. The fourth-order valence-corrected chi connectivity index (χ4v) is 2.66. The number of amides is 1. The molecule has 0 aliphatic carbocycles. The Labute approximate surface area is 125 Å². The number of rotatable bonds is 8. The first kappa shape index (κ1) is 17.0. The van der Waals surface area contributed by atoms with Crippen LogP contribution in [-0.2, 0) is 6.42 Å². The van der Waals surface area contributed by atoms with Crippen LogP contribution in [0.3, 0.4) is 0 Å². The molecule has 3 N–H and O–H groups in total. The molecule has 20 heavy (non-hydrogen) atoms. The Hall–Kier alpha value is -1.04. The van der Waals surface area contributed by atoms with Crippen molar-refractivity contribution in [2.75, 3.05) is 26.5 Å². The number of hydrogen-bond donors (Lipinski definition) is 3. The Bertz CT molecular complexity index is 422. The lowest BCUT2D eigenvalue weighted by molar-refractivity contribution is 0.0935. The Morgan fingerprint density at radius 3 is 2.70 bits per heavy atom. The van der Waals surface area contributed by atoms with Crippen LogP contribution in [0.15, 0.2) is 24.3 Å². The number of likely N-dealkylation sites (N-methyl/N-ethyl adjacent to an activating group) is 1. The zero-order valence-electron chi connectivity index (χ0n) is 12.3. The number of carbonyl (C=O) groups excluding carboxylic acids is 1. The summed E-state index contributed by atoms with van der Waals surface area (Å²) in [5, 5.41) is 15.4. The van der Waals surface area contributed by atoms with Crippen LogP contribution < -0.4 is 10.6 Å². The molecular weight excluding hydrogens is 272 g/mol. The van der Waals surface area contributed by atoms with Gasteiger partial charge >= 0.3 is 0 Å². The zero-order valence-corrected chi connectivity index (χ0v) is 13.2. The molecule has 0 heterocycles. The van der Waals surface area contributed by atoms with Gasteiger partial charge in [0, 0.05) is 16.9 Å². The predicted molar refractivity (Wildman–Crippen MR) is 85.4 cm³/mol. The lowest BCUT2D eigenvalue weighted by Crippen LogP contribution is -2.41. The molecule has 0 fully saturated rings. The van der Waals surface area contributed by atoms with E-state index in [9.17, 15) is 9.90 Å². The summed E-state index contributed by atoms with van der Waals surface area (Å²) in [6.45, 7) is 2.82. The van der Waals surface area contributed by atoms with E-state index < -0.39 is 0 Å². The first-order valence-corrected chi connectivity index (χ1v) is 8.09. The minimum absolute atomic E-state index is 0.0171. The minimum Gasteiger partial charge on any atom is -0.395 e. The van der Waals surface area contributed by atoms with Crippen LogP contribution in [0.1, 0.15) is 22.8 Å². The maximum Gasteiger partial charge on any atom is 0.251 e. The first-order chi connectivity index (χ1) is 9.63. The van der Waals surface area contributed by atoms with Crippen LogP contribution in [0, 0.1) is 0 Å². The smallest absolute Gasteiger partial charge is 0.251 e. The molecule has 0 saturated carbocycles. The van der Waals surface area contributed by atoms with Gasteiger partial charge in [0.25, 0.3) is 5.91 Å². The number of hydrogen-bond acceptors (Lipinski definition) is 4. The van der Waals surface area contributed by atoms with E-state index in [1.165, 1.54) is 0 Å². The van der Waals surface area contributed by atoms with Crippen LogP contribution in [0.2, 0.25) is 0 Å². The van der Waals surface area contributed by atoms with Crippen molar-refractivity contribution in [1.82, 2.24) is 10.6 Å².